The van der Waals surface area contributed by atoms with Crippen molar-refractivity contribution in [2.75, 3.05) is 19.6 Å². The molecular weight excluding hydrogens is 224 g/mol. The summed E-state index contributed by atoms with van der Waals surface area (Å²) >= 11 is 0. The Bertz CT molecular complexity index is 289. The van der Waals surface area contributed by atoms with Crippen molar-refractivity contribution in [3.05, 3.63) is 0 Å². The highest BCUT2D eigenvalue weighted by atomic mass is 35.5. The van der Waals surface area contributed by atoms with Crippen LogP contribution in [0.5, 0.6) is 0 Å². The molecule has 3 nitrogen and oxygen atoms in total. The molecule has 4 heteroatoms. The molecule has 3 fully saturated rings. The molecule has 1 saturated carbocycles. The normalized spacial score (nSPS) is 41.2. The monoisotopic (exact) mass is 244 g/mol. The van der Waals surface area contributed by atoms with Gasteiger partial charge in [0.1, 0.15) is 0 Å². The highest BCUT2D eigenvalue weighted by Crippen LogP contribution is 2.57. The van der Waals surface area contributed by atoms with Gasteiger partial charge in [-0.3, -0.25) is 4.79 Å². The Morgan fingerprint density at radius 1 is 1.50 bits per heavy atom. The molecule has 1 amide bonds. The molecule has 3 atom stereocenters. The van der Waals surface area contributed by atoms with Gasteiger partial charge < -0.3 is 10.2 Å². The van der Waals surface area contributed by atoms with Gasteiger partial charge in [0.15, 0.2) is 0 Å². The van der Waals surface area contributed by atoms with Crippen LogP contribution < -0.4 is 5.32 Å². The van der Waals surface area contributed by atoms with Crippen LogP contribution in [-0.2, 0) is 4.79 Å². The Morgan fingerprint density at radius 2 is 2.31 bits per heavy atom. The van der Waals surface area contributed by atoms with E-state index >= 15 is 0 Å². The smallest absolute Gasteiger partial charge is 0.226 e. The number of nitrogens with one attached hydrogen (secondary N) is 1. The van der Waals surface area contributed by atoms with Crippen LogP contribution in [0.1, 0.15) is 32.6 Å². The zero-order chi connectivity index (χ0) is 10.5. The van der Waals surface area contributed by atoms with Gasteiger partial charge in [0.2, 0.25) is 5.91 Å². The van der Waals surface area contributed by atoms with Crippen molar-refractivity contribution in [1.29, 1.82) is 0 Å². The van der Waals surface area contributed by atoms with E-state index in [0.29, 0.717) is 23.3 Å². The van der Waals surface area contributed by atoms with Gasteiger partial charge >= 0.3 is 0 Å². The highest BCUT2D eigenvalue weighted by molar-refractivity contribution is 5.85. The summed E-state index contributed by atoms with van der Waals surface area (Å²) < 4.78 is 0. The van der Waals surface area contributed by atoms with Crippen molar-refractivity contribution in [1.82, 2.24) is 10.2 Å². The van der Waals surface area contributed by atoms with E-state index in [2.05, 4.69) is 17.1 Å². The number of rotatable bonds is 1. The Hall–Kier alpha value is -0.280. The zero-order valence-corrected chi connectivity index (χ0v) is 10.7. The summed E-state index contributed by atoms with van der Waals surface area (Å²) in [5.74, 6) is 0.803. The Kier molecular flexibility index (Phi) is 3.19. The maximum Gasteiger partial charge on any atom is 0.226 e. The van der Waals surface area contributed by atoms with Crippen LogP contribution in [0.4, 0.5) is 0 Å². The van der Waals surface area contributed by atoms with Gasteiger partial charge in [-0.25, -0.2) is 0 Å². The summed E-state index contributed by atoms with van der Waals surface area (Å²) in [6.07, 6.45) is 4.75. The van der Waals surface area contributed by atoms with Crippen LogP contribution in [0.3, 0.4) is 0 Å². The Labute approximate surface area is 103 Å². The third kappa shape index (κ3) is 1.74. The van der Waals surface area contributed by atoms with Crippen molar-refractivity contribution in [3.63, 3.8) is 0 Å². The van der Waals surface area contributed by atoms with Crippen molar-refractivity contribution >= 4 is 18.3 Å². The number of hydrogen-bond acceptors (Lipinski definition) is 2. The van der Waals surface area contributed by atoms with Gasteiger partial charge in [0.05, 0.1) is 0 Å². The molecule has 0 radical (unpaired) electrons. The first-order chi connectivity index (χ1) is 7.23. The van der Waals surface area contributed by atoms with E-state index in [1.54, 1.807) is 0 Å². The van der Waals surface area contributed by atoms with E-state index in [4.69, 9.17) is 0 Å². The molecule has 92 valence electrons. The van der Waals surface area contributed by atoms with Gasteiger partial charge in [-0.2, -0.15) is 0 Å². The van der Waals surface area contributed by atoms with E-state index in [0.717, 1.165) is 26.1 Å². The maximum absolute atomic E-state index is 12.3. The Balaban J connectivity index is 0.000000963. The van der Waals surface area contributed by atoms with E-state index in [1.807, 2.05) is 0 Å². The molecule has 16 heavy (non-hydrogen) atoms. The summed E-state index contributed by atoms with van der Waals surface area (Å²) in [5, 5.41) is 3.39. The number of carbonyl (C=O) groups is 1. The predicted molar refractivity (Wildman–Crippen MR) is 65.7 cm³/mol. The fourth-order valence-electron chi connectivity index (χ4n) is 3.39. The van der Waals surface area contributed by atoms with Crippen LogP contribution in [0.2, 0.25) is 0 Å². The standard InChI is InChI=1S/C12H20N2O.ClH/c1-9-3-2-6-14(9)11(15)10-7-12(10)4-5-13-8-12;/h9-10,13H,2-8H2,1H3;1H. The number of halogens is 1. The highest BCUT2D eigenvalue weighted by Gasteiger charge is 2.60. The summed E-state index contributed by atoms with van der Waals surface area (Å²) in [5.41, 5.74) is 0.374. The minimum absolute atomic E-state index is 0. The number of carbonyl (C=O) groups excluding carboxylic acids is 1. The molecule has 0 aromatic carbocycles. The molecule has 1 aliphatic carbocycles. The molecule has 0 bridgehead atoms. The van der Waals surface area contributed by atoms with E-state index < -0.39 is 0 Å². The first kappa shape index (κ1) is 12.2. The molecule has 0 aromatic heterocycles. The Morgan fingerprint density at radius 3 is 2.88 bits per heavy atom. The van der Waals surface area contributed by atoms with Crippen LogP contribution in [0, 0.1) is 11.3 Å². The zero-order valence-electron chi connectivity index (χ0n) is 9.87. The van der Waals surface area contributed by atoms with Crippen LogP contribution in [0.25, 0.3) is 0 Å². The lowest BCUT2D eigenvalue weighted by molar-refractivity contribution is -0.133. The first-order valence-electron chi connectivity index (χ1n) is 6.24. The lowest BCUT2D eigenvalue weighted by atomic mass is 10.0. The van der Waals surface area contributed by atoms with Crippen molar-refractivity contribution in [2.45, 2.75) is 38.6 Å². The second kappa shape index (κ2) is 4.19. The largest absolute Gasteiger partial charge is 0.340 e. The fourth-order valence-corrected chi connectivity index (χ4v) is 3.39. The van der Waals surface area contributed by atoms with Gasteiger partial charge in [-0.15, -0.1) is 12.4 Å². The quantitative estimate of drug-likeness (QED) is 0.757. The summed E-state index contributed by atoms with van der Waals surface area (Å²) in [6, 6.07) is 0.490. The molecule has 2 aliphatic heterocycles. The van der Waals surface area contributed by atoms with Gasteiger partial charge in [0, 0.05) is 25.0 Å². The van der Waals surface area contributed by atoms with Crippen molar-refractivity contribution in [3.8, 4) is 0 Å². The predicted octanol–water partition coefficient (Wildman–Crippen LogP) is 1.42. The number of likely N-dealkylation sites (tertiary alicyclic amines) is 1. The average molecular weight is 245 g/mol. The summed E-state index contributed by atoms with van der Waals surface area (Å²) in [4.78, 5) is 14.4. The summed E-state index contributed by atoms with van der Waals surface area (Å²) in [7, 11) is 0. The second-order valence-corrected chi connectivity index (χ2v) is 5.57. The first-order valence-corrected chi connectivity index (χ1v) is 6.24. The van der Waals surface area contributed by atoms with Crippen LogP contribution >= 0.6 is 12.4 Å². The minimum Gasteiger partial charge on any atom is -0.340 e. The molecule has 1 N–H and O–H groups in total. The molecule has 1 spiro atoms. The lowest BCUT2D eigenvalue weighted by Crippen LogP contribution is -2.36. The van der Waals surface area contributed by atoms with Gasteiger partial charge in [-0.1, -0.05) is 0 Å². The third-order valence-electron chi connectivity index (χ3n) is 4.60. The lowest BCUT2D eigenvalue weighted by Gasteiger charge is -2.22. The molecule has 3 unspecified atom stereocenters. The van der Waals surface area contributed by atoms with Gasteiger partial charge in [-0.05, 0) is 44.6 Å². The maximum atomic E-state index is 12.3. The molecule has 2 heterocycles. The minimum atomic E-state index is 0. The fraction of sp³-hybridized carbons (Fsp3) is 0.917. The number of nitrogens with zero attached hydrogens (tertiary/aromatic N) is 1. The van der Waals surface area contributed by atoms with Crippen molar-refractivity contribution < 1.29 is 4.79 Å². The van der Waals surface area contributed by atoms with E-state index in [1.165, 1.54) is 19.3 Å². The molecular formula is C12H21ClN2O. The molecule has 2 saturated heterocycles. The van der Waals surface area contributed by atoms with E-state index in [9.17, 15) is 4.79 Å². The van der Waals surface area contributed by atoms with E-state index in [-0.39, 0.29) is 12.4 Å². The summed E-state index contributed by atoms with van der Waals surface area (Å²) in [6.45, 7) is 5.37. The van der Waals surface area contributed by atoms with Gasteiger partial charge in [0.25, 0.3) is 0 Å². The third-order valence-corrected chi connectivity index (χ3v) is 4.60. The SMILES string of the molecule is CC1CCCN1C(=O)C1CC12CCNC2.Cl. The number of amides is 1. The molecule has 0 aromatic rings. The van der Waals surface area contributed by atoms with Crippen LogP contribution in [-0.4, -0.2) is 36.5 Å². The average Bonchev–Trinajstić information content (AvgIpc) is 2.59. The van der Waals surface area contributed by atoms with Crippen molar-refractivity contribution in [2.24, 2.45) is 11.3 Å². The molecule has 3 aliphatic rings. The number of hydrogen-bond donors (Lipinski definition) is 1. The topological polar surface area (TPSA) is 32.3 Å². The second-order valence-electron chi connectivity index (χ2n) is 5.57. The molecule has 3 rings (SSSR count). The van der Waals surface area contributed by atoms with Crippen LogP contribution in [0.15, 0.2) is 0 Å².